The van der Waals surface area contributed by atoms with E-state index in [9.17, 15) is 14.4 Å². The van der Waals surface area contributed by atoms with Gasteiger partial charge in [0.15, 0.2) is 0 Å². The summed E-state index contributed by atoms with van der Waals surface area (Å²) in [5, 5.41) is 7.26. The van der Waals surface area contributed by atoms with Crippen molar-refractivity contribution < 1.29 is 14.4 Å². The molecule has 0 radical (unpaired) electrons. The minimum Gasteiger partial charge on any atom is -0.340 e. The van der Waals surface area contributed by atoms with Gasteiger partial charge in [0.25, 0.3) is 5.91 Å². The number of likely N-dealkylation sites (N-methyl/N-ethyl adjacent to an activating group) is 1. The van der Waals surface area contributed by atoms with Gasteiger partial charge in [-0.25, -0.2) is 4.79 Å². The van der Waals surface area contributed by atoms with Crippen molar-refractivity contribution >= 4 is 17.8 Å². The number of carbonyl (C=O) groups excluding carboxylic acids is 3. The van der Waals surface area contributed by atoms with Crippen molar-refractivity contribution in [3.8, 4) is 0 Å². The maximum Gasteiger partial charge on any atom is 0.325 e. The highest BCUT2D eigenvalue weighted by molar-refractivity contribution is 6.09. The number of nitrogens with zero attached hydrogens (tertiary/aromatic N) is 4. The van der Waals surface area contributed by atoms with Crippen molar-refractivity contribution in [2.75, 3.05) is 13.6 Å². The molecule has 0 unspecified atom stereocenters. The van der Waals surface area contributed by atoms with E-state index in [1.54, 1.807) is 13.2 Å². The number of carbonyl (C=O) groups is 3. The SMILES string of the molecule is C[C@@H]1CCCC[C@@]12NC(=O)N(CC(=O)N(C)Cc1cnn(Cc3ccccc3)c1)C2=O. The lowest BCUT2D eigenvalue weighted by Gasteiger charge is -2.36. The van der Waals surface area contributed by atoms with Gasteiger partial charge in [0.2, 0.25) is 5.91 Å². The Hall–Kier alpha value is -3.16. The third kappa shape index (κ3) is 4.19. The van der Waals surface area contributed by atoms with Crippen molar-refractivity contribution in [3.63, 3.8) is 0 Å². The molecule has 1 spiro atoms. The van der Waals surface area contributed by atoms with Crippen LogP contribution >= 0.6 is 0 Å². The van der Waals surface area contributed by atoms with E-state index in [0.29, 0.717) is 19.5 Å². The zero-order valence-corrected chi connectivity index (χ0v) is 18.1. The van der Waals surface area contributed by atoms with E-state index in [4.69, 9.17) is 0 Å². The van der Waals surface area contributed by atoms with Gasteiger partial charge in [-0.2, -0.15) is 5.10 Å². The van der Waals surface area contributed by atoms with Gasteiger partial charge in [-0.1, -0.05) is 50.1 Å². The number of urea groups is 1. The Balaban J connectivity index is 1.36. The van der Waals surface area contributed by atoms with E-state index in [1.807, 2.05) is 48.1 Å². The first-order valence-electron chi connectivity index (χ1n) is 10.8. The molecule has 2 atom stereocenters. The molecule has 1 saturated carbocycles. The molecule has 4 amide bonds. The Morgan fingerprint density at radius 1 is 1.23 bits per heavy atom. The second-order valence-electron chi connectivity index (χ2n) is 8.72. The number of aromatic nitrogens is 2. The van der Waals surface area contributed by atoms with E-state index in [1.165, 1.54) is 4.90 Å². The van der Waals surface area contributed by atoms with Gasteiger partial charge in [-0.3, -0.25) is 19.2 Å². The Labute approximate surface area is 182 Å². The van der Waals surface area contributed by atoms with E-state index in [-0.39, 0.29) is 24.3 Å². The molecule has 1 N–H and O–H groups in total. The smallest absolute Gasteiger partial charge is 0.325 e. The van der Waals surface area contributed by atoms with Gasteiger partial charge in [0.05, 0.1) is 12.7 Å². The molecule has 8 heteroatoms. The highest BCUT2D eigenvalue weighted by atomic mass is 16.2. The topological polar surface area (TPSA) is 87.5 Å². The van der Waals surface area contributed by atoms with Gasteiger partial charge in [0.1, 0.15) is 12.1 Å². The molecule has 1 aliphatic heterocycles. The van der Waals surface area contributed by atoms with Crippen LogP contribution in [0.5, 0.6) is 0 Å². The van der Waals surface area contributed by atoms with Crippen LogP contribution in [0.3, 0.4) is 0 Å². The number of imide groups is 1. The number of hydrogen-bond acceptors (Lipinski definition) is 4. The quantitative estimate of drug-likeness (QED) is 0.723. The standard InChI is InChI=1S/C23H29N5O3/c1-17-8-6-7-11-23(17)21(30)28(22(31)25-23)16-20(29)26(2)13-19-12-24-27(15-19)14-18-9-4-3-5-10-18/h3-5,9-10,12,15,17H,6-8,11,13-14,16H2,1-2H3,(H,25,31)/t17-,23-/m1/s1. The summed E-state index contributed by atoms with van der Waals surface area (Å²) in [6, 6.07) is 9.56. The van der Waals surface area contributed by atoms with Crippen LogP contribution in [0.25, 0.3) is 0 Å². The molecule has 2 aliphatic rings. The average Bonchev–Trinajstić information content (AvgIpc) is 3.28. The van der Waals surface area contributed by atoms with Gasteiger partial charge < -0.3 is 10.2 Å². The average molecular weight is 424 g/mol. The molecule has 1 saturated heterocycles. The summed E-state index contributed by atoms with van der Waals surface area (Å²) in [7, 11) is 1.67. The molecule has 2 heterocycles. The number of hydrogen-bond donors (Lipinski definition) is 1. The number of benzene rings is 1. The van der Waals surface area contributed by atoms with Crippen LogP contribution in [0, 0.1) is 5.92 Å². The highest BCUT2D eigenvalue weighted by Crippen LogP contribution is 2.38. The maximum atomic E-state index is 13.1. The molecule has 31 heavy (non-hydrogen) atoms. The molecule has 1 aliphatic carbocycles. The third-order valence-corrected chi connectivity index (χ3v) is 6.51. The molecule has 2 aromatic rings. The van der Waals surface area contributed by atoms with E-state index in [2.05, 4.69) is 10.4 Å². The largest absolute Gasteiger partial charge is 0.340 e. The summed E-state index contributed by atoms with van der Waals surface area (Å²) in [6.45, 7) is 2.77. The number of rotatable bonds is 6. The first-order chi connectivity index (χ1) is 14.9. The predicted molar refractivity (Wildman–Crippen MR) is 115 cm³/mol. The highest BCUT2D eigenvalue weighted by Gasteiger charge is 2.55. The van der Waals surface area contributed by atoms with Gasteiger partial charge in [-0.15, -0.1) is 0 Å². The Morgan fingerprint density at radius 3 is 2.74 bits per heavy atom. The lowest BCUT2D eigenvalue weighted by molar-refractivity contribution is -0.140. The van der Waals surface area contributed by atoms with Crippen LogP contribution in [-0.2, 0) is 22.7 Å². The van der Waals surface area contributed by atoms with Gasteiger partial charge in [-0.05, 0) is 24.3 Å². The number of nitrogens with one attached hydrogen (secondary N) is 1. The fourth-order valence-electron chi connectivity index (χ4n) is 4.60. The minimum absolute atomic E-state index is 0.0750. The summed E-state index contributed by atoms with van der Waals surface area (Å²) >= 11 is 0. The third-order valence-electron chi connectivity index (χ3n) is 6.51. The first kappa shape index (κ1) is 21.1. The molecular formula is C23H29N5O3. The zero-order valence-electron chi connectivity index (χ0n) is 18.1. The van der Waals surface area contributed by atoms with Crippen LogP contribution in [0.4, 0.5) is 4.79 Å². The minimum atomic E-state index is -0.841. The summed E-state index contributed by atoms with van der Waals surface area (Å²) in [5.74, 6) is -0.465. The van der Waals surface area contributed by atoms with Crippen molar-refractivity contribution in [3.05, 3.63) is 53.9 Å². The van der Waals surface area contributed by atoms with E-state index in [0.717, 1.165) is 35.3 Å². The van der Waals surface area contributed by atoms with E-state index >= 15 is 0 Å². The lowest BCUT2D eigenvalue weighted by Crippen LogP contribution is -2.54. The van der Waals surface area contributed by atoms with Gasteiger partial charge in [0, 0.05) is 25.4 Å². The summed E-state index contributed by atoms with van der Waals surface area (Å²) in [4.78, 5) is 40.9. The summed E-state index contributed by atoms with van der Waals surface area (Å²) in [6.07, 6.45) is 7.15. The van der Waals surface area contributed by atoms with Gasteiger partial charge >= 0.3 is 6.03 Å². The molecule has 0 bridgehead atoms. The monoisotopic (exact) mass is 423 g/mol. The zero-order chi connectivity index (χ0) is 22.0. The molecular weight excluding hydrogens is 394 g/mol. The van der Waals surface area contributed by atoms with Crippen LogP contribution in [0.2, 0.25) is 0 Å². The first-order valence-corrected chi connectivity index (χ1v) is 10.8. The van der Waals surface area contributed by atoms with Crippen molar-refractivity contribution in [2.45, 2.75) is 51.2 Å². The second-order valence-corrected chi connectivity index (χ2v) is 8.72. The molecule has 2 fully saturated rings. The molecule has 164 valence electrons. The van der Waals surface area contributed by atoms with Crippen molar-refractivity contribution in [1.29, 1.82) is 0 Å². The Kier molecular flexibility index (Phi) is 5.80. The second kappa shape index (κ2) is 8.53. The van der Waals surface area contributed by atoms with Crippen molar-refractivity contribution in [2.24, 2.45) is 5.92 Å². The molecule has 1 aromatic carbocycles. The fourth-order valence-corrected chi connectivity index (χ4v) is 4.60. The summed E-state index contributed by atoms with van der Waals surface area (Å²) < 4.78 is 1.83. The molecule has 4 rings (SSSR count). The Morgan fingerprint density at radius 2 is 2.00 bits per heavy atom. The van der Waals surface area contributed by atoms with Crippen LogP contribution in [0.1, 0.15) is 43.7 Å². The van der Waals surface area contributed by atoms with Crippen molar-refractivity contribution in [1.82, 2.24) is 24.9 Å². The van der Waals surface area contributed by atoms with Crippen LogP contribution in [-0.4, -0.2) is 56.6 Å². The lowest BCUT2D eigenvalue weighted by atomic mass is 9.73. The summed E-state index contributed by atoms with van der Waals surface area (Å²) in [5.41, 5.74) is 1.19. The Bertz CT molecular complexity index is 973. The van der Waals surface area contributed by atoms with Crippen LogP contribution < -0.4 is 5.32 Å². The fraction of sp³-hybridized carbons (Fsp3) is 0.478. The van der Waals surface area contributed by atoms with E-state index < -0.39 is 11.6 Å². The molecule has 1 aromatic heterocycles. The molecule has 8 nitrogen and oxygen atoms in total. The predicted octanol–water partition coefficient (Wildman–Crippen LogP) is 2.39. The maximum absolute atomic E-state index is 13.1. The number of amides is 4. The normalized spacial score (nSPS) is 23.3. The van der Waals surface area contributed by atoms with Crippen LogP contribution in [0.15, 0.2) is 42.7 Å².